The molecular formula is C32H48Br2F12Mg2O8Si2. The second-order valence-corrected chi connectivity index (χ2v) is 15.5. The number of halogens is 14. The van der Waals surface area contributed by atoms with Gasteiger partial charge in [0.05, 0.1) is 22.3 Å². The molecule has 0 saturated carbocycles. The van der Waals surface area contributed by atoms with E-state index in [0.717, 1.165) is 0 Å². The molecule has 2 aromatic rings. The summed E-state index contributed by atoms with van der Waals surface area (Å²) in [5.74, 6) is 0. The van der Waals surface area contributed by atoms with Gasteiger partial charge in [-0.2, -0.15) is 52.7 Å². The number of rotatable bonds is 15. The molecule has 0 amide bonds. The average Bonchev–Trinajstić information content (AvgIpc) is 3.04. The van der Waals surface area contributed by atoms with Gasteiger partial charge in [0.15, 0.2) is 0 Å². The molecular weight excluding hydrogens is 1000 g/mol. The summed E-state index contributed by atoms with van der Waals surface area (Å²) < 4.78 is 189. The van der Waals surface area contributed by atoms with Crippen LogP contribution in [0.3, 0.4) is 0 Å². The largest absolute Gasteiger partial charge is 2.00 e. The Morgan fingerprint density at radius 2 is 0.672 bits per heavy atom. The van der Waals surface area contributed by atoms with Crippen molar-refractivity contribution < 1.29 is 109 Å². The number of hydrogen-bond donors (Lipinski definition) is 0. The van der Waals surface area contributed by atoms with Crippen molar-refractivity contribution >= 4 is 85.1 Å². The fourth-order valence-corrected chi connectivity index (χ4v) is 8.91. The zero-order valence-corrected chi connectivity index (χ0v) is 41.1. The van der Waals surface area contributed by atoms with E-state index in [9.17, 15) is 52.7 Å². The van der Waals surface area contributed by atoms with Crippen molar-refractivity contribution in [2.24, 2.45) is 0 Å². The Morgan fingerprint density at radius 3 is 0.862 bits per heavy atom. The van der Waals surface area contributed by atoms with Crippen LogP contribution in [0.25, 0.3) is 0 Å². The molecule has 0 aliphatic rings. The minimum atomic E-state index is -4.94. The summed E-state index contributed by atoms with van der Waals surface area (Å²) in [7, 11) is -6.69. The maximum Gasteiger partial charge on any atom is 2.00 e. The standard InChI is InChI=1S/C14H18F6O3Si.C8H3BrF6.C8H20O4Si.C2H5O.BrH.2Mg.2H/c1-4-21-24(22-5-2,23-6-3)12-8-10(13(15,16)17)7-11(9-12)14(18,19)20;9-6-2-4(7(10,11)12)1-5(3-6)8(13,14)15;1-5-9-13(10-6-2,11-7-3)12-8-4;1-2-3;;;;;/h7-9H,4-6H2,1-3H3;1-3H;5-8H2,1-4H3;2H2,1H3;1H;;;;/q;;;-1;;2*+2;2*-1/p-1. The van der Waals surface area contributed by atoms with E-state index in [4.69, 9.17) is 36.1 Å². The third-order valence-corrected chi connectivity index (χ3v) is 11.8. The first-order chi connectivity index (χ1) is 25.3. The Morgan fingerprint density at radius 1 is 0.466 bits per heavy atom. The van der Waals surface area contributed by atoms with E-state index >= 15 is 0 Å². The molecule has 0 atom stereocenters. The van der Waals surface area contributed by atoms with Crippen molar-refractivity contribution in [1.29, 1.82) is 0 Å². The van der Waals surface area contributed by atoms with Gasteiger partial charge in [-0.15, -0.1) is 6.61 Å². The van der Waals surface area contributed by atoms with Crippen molar-refractivity contribution in [3.63, 3.8) is 0 Å². The zero-order valence-electron chi connectivity index (χ0n) is 35.1. The first-order valence-corrected chi connectivity index (χ1v) is 20.7. The van der Waals surface area contributed by atoms with Gasteiger partial charge in [-0.3, -0.25) is 0 Å². The molecule has 26 heteroatoms. The maximum absolute atomic E-state index is 13.0. The Bertz CT molecular complexity index is 1270. The van der Waals surface area contributed by atoms with Crippen LogP contribution in [-0.4, -0.2) is 117 Å². The predicted octanol–water partition coefficient (Wildman–Crippen LogP) is 5.87. The number of benzene rings is 2. The smallest absolute Gasteiger partial charge is 1.00 e. The Balaban J connectivity index is -0.000000137. The minimum Gasteiger partial charge on any atom is -1.00 e. The van der Waals surface area contributed by atoms with Crippen LogP contribution in [0.2, 0.25) is 0 Å². The van der Waals surface area contributed by atoms with Gasteiger partial charge in [0.25, 0.3) is 0 Å². The molecule has 0 radical (unpaired) electrons. The van der Waals surface area contributed by atoms with Crippen molar-refractivity contribution in [3.05, 3.63) is 63.1 Å². The van der Waals surface area contributed by atoms with Gasteiger partial charge >= 0.3 is 88.7 Å². The van der Waals surface area contributed by atoms with E-state index in [2.05, 4.69) is 15.9 Å². The van der Waals surface area contributed by atoms with Crippen LogP contribution in [0, 0.1) is 0 Å². The molecule has 0 aliphatic carbocycles. The molecule has 0 aromatic heterocycles. The SMILES string of the molecule is CCO[Si](OCC)(OCC)OCC.CCO[Si](OCC)(OCC)c1cc(C(F)(F)F)cc(C(F)(F)F)c1.CC[O-].FC(F)(F)c1cc(Br)cc(C(F)(F)F)c1.[Br-].[H-].[H-].[Mg+2].[Mg+2]. The average molecular weight is 1050 g/mol. The summed E-state index contributed by atoms with van der Waals surface area (Å²) in [5, 5.41) is 8.56. The van der Waals surface area contributed by atoms with Gasteiger partial charge < -0.3 is 55.9 Å². The van der Waals surface area contributed by atoms with Crippen molar-refractivity contribution in [1.82, 2.24) is 0 Å². The first-order valence-electron chi connectivity index (χ1n) is 16.6. The minimum absolute atomic E-state index is 0. The Hall–Kier alpha value is 0.206. The van der Waals surface area contributed by atoms with Gasteiger partial charge in [0.1, 0.15) is 0 Å². The molecule has 0 fully saturated rings. The molecule has 8 nitrogen and oxygen atoms in total. The van der Waals surface area contributed by atoms with Crippen LogP contribution in [0.4, 0.5) is 52.7 Å². The van der Waals surface area contributed by atoms with E-state index in [0.29, 0.717) is 50.7 Å². The molecule has 0 saturated heterocycles. The molecule has 0 unspecified atom stereocenters. The van der Waals surface area contributed by atoms with E-state index < -0.39 is 64.8 Å². The summed E-state index contributed by atoms with van der Waals surface area (Å²) in [6, 6.07) is 2.52. The monoisotopic (exact) mass is 1050 g/mol. The second-order valence-electron chi connectivity index (χ2n) is 9.89. The first kappa shape index (κ1) is 67.3. The van der Waals surface area contributed by atoms with Gasteiger partial charge in [0.2, 0.25) is 0 Å². The Labute approximate surface area is 387 Å². The topological polar surface area (TPSA) is 87.7 Å². The molecule has 0 aliphatic heterocycles. The van der Waals surface area contributed by atoms with Crippen LogP contribution in [0.15, 0.2) is 40.9 Å². The van der Waals surface area contributed by atoms with Crippen LogP contribution in [0.5, 0.6) is 0 Å². The van der Waals surface area contributed by atoms with Crippen molar-refractivity contribution in [2.45, 2.75) is 80.1 Å². The molecule has 0 heterocycles. The summed E-state index contributed by atoms with van der Waals surface area (Å²) in [4.78, 5) is 0. The quantitative estimate of drug-likeness (QED) is 0.162. The maximum atomic E-state index is 13.0. The van der Waals surface area contributed by atoms with Crippen molar-refractivity contribution in [3.8, 4) is 0 Å². The second kappa shape index (κ2) is 32.0. The van der Waals surface area contributed by atoms with Crippen LogP contribution in [-0.2, 0) is 55.7 Å². The summed E-state index contributed by atoms with van der Waals surface area (Å²) in [6.45, 7) is 16.1. The normalized spacial score (nSPS) is 11.9. The number of alkyl halides is 12. The molecule has 334 valence electrons. The summed E-state index contributed by atoms with van der Waals surface area (Å²) in [6.07, 6.45) is -19.5. The third kappa shape index (κ3) is 25.3. The van der Waals surface area contributed by atoms with E-state index in [1.165, 1.54) is 0 Å². The predicted molar refractivity (Wildman–Crippen MR) is 197 cm³/mol. The van der Waals surface area contributed by atoms with Crippen LogP contribution >= 0.6 is 15.9 Å². The summed E-state index contributed by atoms with van der Waals surface area (Å²) in [5.41, 5.74) is -5.51. The third-order valence-electron chi connectivity index (χ3n) is 5.78. The molecule has 2 aromatic carbocycles. The van der Waals surface area contributed by atoms with Gasteiger partial charge in [-0.05, 0) is 84.9 Å². The van der Waals surface area contributed by atoms with Crippen LogP contribution < -0.4 is 27.3 Å². The fourth-order valence-electron chi connectivity index (χ4n) is 3.95. The molecule has 58 heavy (non-hydrogen) atoms. The number of hydrogen-bond acceptors (Lipinski definition) is 8. The van der Waals surface area contributed by atoms with Crippen molar-refractivity contribution in [2.75, 3.05) is 52.9 Å². The zero-order chi connectivity index (χ0) is 43.3. The summed E-state index contributed by atoms with van der Waals surface area (Å²) >= 11 is 2.60. The molecule has 0 spiro atoms. The molecule has 0 N–H and O–H groups in total. The van der Waals surface area contributed by atoms with E-state index in [-0.39, 0.29) is 114 Å². The molecule has 2 rings (SSSR count). The van der Waals surface area contributed by atoms with E-state index in [1.54, 1.807) is 27.7 Å². The fraction of sp³-hybridized carbons (Fsp3) is 0.625. The molecule has 0 bridgehead atoms. The van der Waals surface area contributed by atoms with Gasteiger partial charge in [-0.25, -0.2) is 0 Å². The van der Waals surface area contributed by atoms with Gasteiger partial charge in [-0.1, -0.05) is 22.9 Å². The Kier molecular flexibility index (Phi) is 37.1. The van der Waals surface area contributed by atoms with E-state index in [1.807, 2.05) is 27.7 Å². The van der Waals surface area contributed by atoms with Gasteiger partial charge in [0, 0.05) is 55.9 Å². The van der Waals surface area contributed by atoms with Crippen LogP contribution in [0.1, 0.15) is 80.5 Å².